The molecule has 0 spiro atoms. The summed E-state index contributed by atoms with van der Waals surface area (Å²) in [7, 11) is 0. The normalized spacial score (nSPS) is 11.2. The van der Waals surface area contributed by atoms with E-state index in [0.717, 1.165) is 12.8 Å². The van der Waals surface area contributed by atoms with Crippen molar-refractivity contribution in [3.05, 3.63) is 12.7 Å². The molecular weight excluding hydrogens is 264 g/mol. The Bertz CT molecular complexity index is 227. The second-order valence-electron chi connectivity index (χ2n) is 5.47. The van der Waals surface area contributed by atoms with Crippen LogP contribution in [0.5, 0.6) is 0 Å². The number of rotatable bonds is 12. The maximum atomic E-state index is 11.3. The zero-order valence-corrected chi connectivity index (χ0v) is 14.4. The van der Waals surface area contributed by atoms with Gasteiger partial charge in [0.05, 0.1) is 6.61 Å². The largest absolute Gasteiger partial charge is 0.460 e. The molecule has 0 fully saturated rings. The maximum absolute atomic E-state index is 11.3. The molecule has 1 unspecified atom stereocenters. The molecule has 3 nitrogen and oxygen atoms in total. The van der Waals surface area contributed by atoms with Crippen LogP contribution in [0, 0.1) is 0 Å². The Labute approximate surface area is 131 Å². The van der Waals surface area contributed by atoms with E-state index < -0.39 is 0 Å². The molecule has 0 aromatic carbocycles. The molecule has 0 bridgehead atoms. The van der Waals surface area contributed by atoms with Gasteiger partial charge in [-0.25, -0.2) is 0 Å². The number of aliphatic hydroxyl groups excluding tert-OH is 1. The monoisotopic (exact) mass is 300 g/mol. The third kappa shape index (κ3) is 21.6. The lowest BCUT2D eigenvalue weighted by atomic mass is 10.1. The van der Waals surface area contributed by atoms with Gasteiger partial charge in [-0.1, -0.05) is 64.4 Å². The van der Waals surface area contributed by atoms with Gasteiger partial charge < -0.3 is 9.84 Å². The first kappa shape index (κ1) is 22.5. The molecule has 0 aromatic rings. The highest BCUT2D eigenvalue weighted by atomic mass is 16.5. The number of allylic oxidation sites excluding steroid dienone is 1. The van der Waals surface area contributed by atoms with Crippen molar-refractivity contribution in [1.29, 1.82) is 0 Å². The summed E-state index contributed by atoms with van der Waals surface area (Å²) in [6.07, 6.45) is 13.1. The highest BCUT2D eigenvalue weighted by Crippen LogP contribution is 2.10. The average molecular weight is 300 g/mol. The lowest BCUT2D eigenvalue weighted by molar-refractivity contribution is -0.150. The van der Waals surface area contributed by atoms with Crippen LogP contribution in [0.15, 0.2) is 12.7 Å². The summed E-state index contributed by atoms with van der Waals surface area (Å²) in [5.41, 5.74) is 0. The minimum absolute atomic E-state index is 0.0938. The Morgan fingerprint density at radius 2 is 1.52 bits per heavy atom. The molecule has 0 aromatic heterocycles. The van der Waals surface area contributed by atoms with Gasteiger partial charge in [-0.2, -0.15) is 0 Å². The van der Waals surface area contributed by atoms with Crippen LogP contribution in [0.25, 0.3) is 0 Å². The zero-order valence-electron chi connectivity index (χ0n) is 14.4. The molecule has 0 heterocycles. The Balaban J connectivity index is 0. The van der Waals surface area contributed by atoms with Crippen LogP contribution >= 0.6 is 0 Å². The minimum Gasteiger partial charge on any atom is -0.460 e. The second-order valence-corrected chi connectivity index (χ2v) is 5.47. The molecule has 1 atom stereocenters. The van der Waals surface area contributed by atoms with Crippen molar-refractivity contribution in [2.75, 3.05) is 6.61 Å². The SMILES string of the molecule is C=CC.CCCCCCCCCCCC(=O)OC(C)CO. The van der Waals surface area contributed by atoms with Gasteiger partial charge in [-0.15, -0.1) is 6.58 Å². The first-order valence-corrected chi connectivity index (χ1v) is 8.49. The second kappa shape index (κ2) is 19.2. The predicted octanol–water partition coefficient (Wildman–Crippen LogP) is 5.02. The molecule has 0 saturated carbocycles. The van der Waals surface area contributed by atoms with E-state index in [1.165, 1.54) is 44.9 Å². The Kier molecular flexibility index (Phi) is 20.5. The molecule has 3 heteroatoms. The van der Waals surface area contributed by atoms with Crippen LogP contribution in [0.2, 0.25) is 0 Å². The molecule has 0 radical (unpaired) electrons. The van der Waals surface area contributed by atoms with Crippen LogP contribution in [-0.2, 0) is 9.53 Å². The molecule has 1 N–H and O–H groups in total. The van der Waals surface area contributed by atoms with E-state index in [2.05, 4.69) is 13.5 Å². The molecule has 0 amide bonds. The first-order valence-electron chi connectivity index (χ1n) is 8.49. The first-order chi connectivity index (χ1) is 10.1. The van der Waals surface area contributed by atoms with Crippen molar-refractivity contribution in [3.8, 4) is 0 Å². The van der Waals surface area contributed by atoms with Gasteiger partial charge >= 0.3 is 5.97 Å². The number of carbonyl (C=O) groups excluding carboxylic acids is 1. The molecular formula is C18H36O3. The predicted molar refractivity (Wildman–Crippen MR) is 90.4 cm³/mol. The summed E-state index contributed by atoms with van der Waals surface area (Å²) in [5, 5.41) is 8.74. The van der Waals surface area contributed by atoms with Crippen molar-refractivity contribution in [3.63, 3.8) is 0 Å². The van der Waals surface area contributed by atoms with Crippen molar-refractivity contribution in [2.24, 2.45) is 0 Å². The van der Waals surface area contributed by atoms with Gasteiger partial charge in [0, 0.05) is 6.42 Å². The maximum Gasteiger partial charge on any atom is 0.306 e. The summed E-state index contributed by atoms with van der Waals surface area (Å²) in [6, 6.07) is 0. The third-order valence-electron chi connectivity index (χ3n) is 3.07. The van der Waals surface area contributed by atoms with Crippen molar-refractivity contribution in [2.45, 2.75) is 91.1 Å². The Hall–Kier alpha value is -0.830. The highest BCUT2D eigenvalue weighted by molar-refractivity contribution is 5.69. The van der Waals surface area contributed by atoms with Crippen LogP contribution in [0.3, 0.4) is 0 Å². The minimum atomic E-state index is -0.365. The molecule has 21 heavy (non-hydrogen) atoms. The van der Waals surface area contributed by atoms with E-state index in [-0.39, 0.29) is 18.7 Å². The summed E-state index contributed by atoms with van der Waals surface area (Å²) >= 11 is 0. The van der Waals surface area contributed by atoms with Gasteiger partial charge in [0.25, 0.3) is 0 Å². The van der Waals surface area contributed by atoms with E-state index in [0.29, 0.717) is 6.42 Å². The van der Waals surface area contributed by atoms with E-state index >= 15 is 0 Å². The quantitative estimate of drug-likeness (QED) is 0.312. The topological polar surface area (TPSA) is 46.5 Å². The fraction of sp³-hybridized carbons (Fsp3) is 0.833. The molecule has 0 aliphatic carbocycles. The fourth-order valence-electron chi connectivity index (χ4n) is 1.90. The van der Waals surface area contributed by atoms with Crippen LogP contribution in [-0.4, -0.2) is 23.8 Å². The number of carbonyl (C=O) groups is 1. The van der Waals surface area contributed by atoms with Crippen molar-refractivity contribution >= 4 is 5.97 Å². The standard InChI is InChI=1S/C15H30O3.C3H6/c1-3-4-5-6-7-8-9-10-11-12-15(17)18-14(2)13-16;1-3-2/h14,16H,3-13H2,1-2H3;3H,1H2,2H3. The lowest BCUT2D eigenvalue weighted by Gasteiger charge is -2.09. The van der Waals surface area contributed by atoms with E-state index in [9.17, 15) is 4.79 Å². The van der Waals surface area contributed by atoms with Crippen molar-refractivity contribution in [1.82, 2.24) is 0 Å². The number of unbranched alkanes of at least 4 members (excludes halogenated alkanes) is 8. The smallest absolute Gasteiger partial charge is 0.306 e. The van der Waals surface area contributed by atoms with Gasteiger partial charge in [-0.3, -0.25) is 4.79 Å². The molecule has 126 valence electrons. The number of esters is 1. The molecule has 0 saturated heterocycles. The highest BCUT2D eigenvalue weighted by Gasteiger charge is 2.07. The van der Waals surface area contributed by atoms with Crippen LogP contribution in [0.4, 0.5) is 0 Å². The van der Waals surface area contributed by atoms with Gasteiger partial charge in [0.1, 0.15) is 6.10 Å². The summed E-state index contributed by atoms with van der Waals surface area (Å²) in [5.74, 6) is -0.181. The van der Waals surface area contributed by atoms with Gasteiger partial charge in [-0.05, 0) is 20.3 Å². The van der Waals surface area contributed by atoms with Gasteiger partial charge in [0.15, 0.2) is 0 Å². The van der Waals surface area contributed by atoms with E-state index in [4.69, 9.17) is 9.84 Å². The number of hydrogen-bond acceptors (Lipinski definition) is 3. The Morgan fingerprint density at radius 3 is 1.95 bits per heavy atom. The third-order valence-corrected chi connectivity index (χ3v) is 3.07. The number of aliphatic hydroxyl groups is 1. The Morgan fingerprint density at radius 1 is 1.10 bits per heavy atom. The lowest BCUT2D eigenvalue weighted by Crippen LogP contribution is -2.18. The van der Waals surface area contributed by atoms with Crippen molar-refractivity contribution < 1.29 is 14.6 Å². The zero-order chi connectivity index (χ0) is 16.3. The van der Waals surface area contributed by atoms with Crippen LogP contribution in [0.1, 0.15) is 85.0 Å². The average Bonchev–Trinajstić information content (AvgIpc) is 2.46. The summed E-state index contributed by atoms with van der Waals surface area (Å²) in [6.45, 7) is 9.09. The van der Waals surface area contributed by atoms with Gasteiger partial charge in [0.2, 0.25) is 0 Å². The molecule has 0 aliphatic heterocycles. The number of ether oxygens (including phenoxy) is 1. The number of hydrogen-bond donors (Lipinski definition) is 1. The fourth-order valence-corrected chi connectivity index (χ4v) is 1.90. The van der Waals surface area contributed by atoms with E-state index in [1.807, 2.05) is 6.92 Å². The summed E-state index contributed by atoms with van der Waals surface area (Å²) < 4.78 is 4.98. The summed E-state index contributed by atoms with van der Waals surface area (Å²) in [4.78, 5) is 11.3. The van der Waals surface area contributed by atoms with E-state index in [1.54, 1.807) is 13.0 Å². The molecule has 0 aliphatic rings. The molecule has 0 rings (SSSR count). The van der Waals surface area contributed by atoms with Crippen LogP contribution < -0.4 is 0 Å².